The number of benzene rings is 2. The highest BCUT2D eigenvalue weighted by molar-refractivity contribution is 9.10. The minimum Gasteiger partial charge on any atom is -0.272 e. The van der Waals surface area contributed by atoms with Crippen LogP contribution in [0.4, 0.5) is 0 Å². The van der Waals surface area contributed by atoms with Crippen LogP contribution in [0.5, 0.6) is 0 Å². The molecule has 0 saturated carbocycles. The number of rotatable bonds is 6. The van der Waals surface area contributed by atoms with Crippen LogP contribution in [0.15, 0.2) is 52.0 Å². The van der Waals surface area contributed by atoms with E-state index in [0.717, 1.165) is 21.5 Å². The summed E-state index contributed by atoms with van der Waals surface area (Å²) >= 11 is 5.02. The van der Waals surface area contributed by atoms with Gasteiger partial charge in [0.2, 0.25) is 5.91 Å². The van der Waals surface area contributed by atoms with E-state index in [1.165, 1.54) is 16.7 Å². The third-order valence-electron chi connectivity index (χ3n) is 3.37. The topological polar surface area (TPSA) is 41.5 Å². The standard InChI is InChI=1S/C19H21BrN2OS/c1-13-7-14(2)9-16(8-13)11-24-12-19(23)22-21-15(3)17-5-4-6-18(20)10-17/h4-10H,11-12H2,1-3H3,(H,22,23)/b21-15-. The monoisotopic (exact) mass is 404 g/mol. The summed E-state index contributed by atoms with van der Waals surface area (Å²) in [5.74, 6) is 1.13. The molecule has 0 fully saturated rings. The molecule has 3 nitrogen and oxygen atoms in total. The van der Waals surface area contributed by atoms with Crippen molar-refractivity contribution in [3.05, 3.63) is 69.2 Å². The quantitative estimate of drug-likeness (QED) is 0.552. The fraction of sp³-hybridized carbons (Fsp3) is 0.263. The highest BCUT2D eigenvalue weighted by Crippen LogP contribution is 2.16. The van der Waals surface area contributed by atoms with Crippen LogP contribution in [0.1, 0.15) is 29.2 Å². The van der Waals surface area contributed by atoms with Crippen LogP contribution in [0.25, 0.3) is 0 Å². The first kappa shape index (κ1) is 18.7. The van der Waals surface area contributed by atoms with E-state index in [0.29, 0.717) is 5.75 Å². The van der Waals surface area contributed by atoms with Gasteiger partial charge < -0.3 is 0 Å². The summed E-state index contributed by atoms with van der Waals surface area (Å²) in [5.41, 5.74) is 8.14. The first-order chi connectivity index (χ1) is 11.4. The molecule has 2 rings (SSSR count). The molecule has 5 heteroatoms. The maximum absolute atomic E-state index is 11.9. The Morgan fingerprint density at radius 3 is 2.54 bits per heavy atom. The molecular formula is C19H21BrN2OS. The van der Waals surface area contributed by atoms with Crippen molar-refractivity contribution in [1.29, 1.82) is 0 Å². The number of aryl methyl sites for hydroxylation is 2. The largest absolute Gasteiger partial charge is 0.272 e. The van der Waals surface area contributed by atoms with E-state index in [-0.39, 0.29) is 5.91 Å². The maximum Gasteiger partial charge on any atom is 0.250 e. The third kappa shape index (κ3) is 6.13. The number of hydrogen-bond acceptors (Lipinski definition) is 3. The van der Waals surface area contributed by atoms with Gasteiger partial charge in [-0.1, -0.05) is 57.4 Å². The summed E-state index contributed by atoms with van der Waals surface area (Å²) in [6, 6.07) is 14.3. The van der Waals surface area contributed by atoms with Crippen molar-refractivity contribution >= 4 is 39.3 Å². The Bertz CT molecular complexity index is 739. The van der Waals surface area contributed by atoms with Crippen LogP contribution in [-0.2, 0) is 10.5 Å². The van der Waals surface area contributed by atoms with Crippen molar-refractivity contribution in [3.8, 4) is 0 Å². The Labute approximate surface area is 156 Å². The molecule has 0 atom stereocenters. The van der Waals surface area contributed by atoms with Crippen LogP contribution >= 0.6 is 27.7 Å². The summed E-state index contributed by atoms with van der Waals surface area (Å²) in [7, 11) is 0. The Balaban J connectivity index is 1.82. The van der Waals surface area contributed by atoms with Gasteiger partial charge in [-0.2, -0.15) is 5.10 Å². The lowest BCUT2D eigenvalue weighted by molar-refractivity contribution is -0.118. The van der Waals surface area contributed by atoms with E-state index in [4.69, 9.17) is 0 Å². The van der Waals surface area contributed by atoms with Gasteiger partial charge in [-0.15, -0.1) is 11.8 Å². The lowest BCUT2D eigenvalue weighted by atomic mass is 10.1. The smallest absolute Gasteiger partial charge is 0.250 e. The molecule has 0 bridgehead atoms. The van der Waals surface area contributed by atoms with Gasteiger partial charge in [0.05, 0.1) is 11.5 Å². The number of thioether (sulfide) groups is 1. The highest BCUT2D eigenvalue weighted by Gasteiger charge is 2.03. The van der Waals surface area contributed by atoms with Crippen LogP contribution in [0.2, 0.25) is 0 Å². The average molecular weight is 405 g/mol. The molecule has 0 saturated heterocycles. The van der Waals surface area contributed by atoms with Gasteiger partial charge in [0, 0.05) is 10.2 Å². The second kappa shape index (κ2) is 9.04. The van der Waals surface area contributed by atoms with Crippen molar-refractivity contribution in [3.63, 3.8) is 0 Å². The number of halogens is 1. The molecule has 0 heterocycles. The summed E-state index contributed by atoms with van der Waals surface area (Å²) in [5, 5.41) is 4.17. The van der Waals surface area contributed by atoms with Crippen LogP contribution < -0.4 is 5.43 Å². The molecule has 2 aromatic carbocycles. The third-order valence-corrected chi connectivity index (χ3v) is 4.87. The van der Waals surface area contributed by atoms with Crippen molar-refractivity contribution in [2.75, 3.05) is 5.75 Å². The van der Waals surface area contributed by atoms with E-state index in [9.17, 15) is 4.79 Å². The maximum atomic E-state index is 11.9. The lowest BCUT2D eigenvalue weighted by Crippen LogP contribution is -2.21. The van der Waals surface area contributed by atoms with Gasteiger partial charge in [0.25, 0.3) is 0 Å². The number of amides is 1. The summed E-state index contributed by atoms with van der Waals surface area (Å²) in [6.07, 6.45) is 0. The molecule has 0 unspecified atom stereocenters. The molecular weight excluding hydrogens is 384 g/mol. The Hall–Kier alpha value is -1.59. The van der Waals surface area contributed by atoms with Gasteiger partial charge in [-0.25, -0.2) is 5.43 Å². The molecule has 0 aliphatic rings. The molecule has 1 N–H and O–H groups in total. The van der Waals surface area contributed by atoms with Crippen molar-refractivity contribution in [2.45, 2.75) is 26.5 Å². The predicted octanol–water partition coefficient (Wildman–Crippen LogP) is 4.84. The Morgan fingerprint density at radius 2 is 1.88 bits per heavy atom. The van der Waals surface area contributed by atoms with Crippen molar-refractivity contribution < 1.29 is 4.79 Å². The Kier molecular flexibility index (Phi) is 7.06. The minimum absolute atomic E-state index is 0.0845. The zero-order valence-corrected chi connectivity index (χ0v) is 16.5. The molecule has 0 aliphatic carbocycles. The van der Waals surface area contributed by atoms with Gasteiger partial charge in [0.1, 0.15) is 0 Å². The van der Waals surface area contributed by atoms with Gasteiger partial charge in [-0.05, 0) is 44.0 Å². The number of carbonyl (C=O) groups excluding carboxylic acids is 1. The lowest BCUT2D eigenvalue weighted by Gasteiger charge is -2.05. The first-order valence-electron chi connectivity index (χ1n) is 7.68. The number of carbonyl (C=O) groups is 1. The molecule has 24 heavy (non-hydrogen) atoms. The summed E-state index contributed by atoms with van der Waals surface area (Å²) in [4.78, 5) is 11.9. The second-order valence-electron chi connectivity index (χ2n) is 5.73. The normalized spacial score (nSPS) is 11.4. The van der Waals surface area contributed by atoms with E-state index in [1.807, 2.05) is 31.2 Å². The van der Waals surface area contributed by atoms with E-state index < -0.39 is 0 Å². The fourth-order valence-electron chi connectivity index (χ4n) is 2.37. The molecule has 2 aromatic rings. The van der Waals surface area contributed by atoms with Gasteiger partial charge in [-0.3, -0.25) is 4.79 Å². The first-order valence-corrected chi connectivity index (χ1v) is 9.63. The van der Waals surface area contributed by atoms with Crippen LogP contribution in [0, 0.1) is 13.8 Å². The summed E-state index contributed by atoms with van der Waals surface area (Å²) < 4.78 is 0.991. The van der Waals surface area contributed by atoms with Crippen LogP contribution in [0.3, 0.4) is 0 Å². The molecule has 1 amide bonds. The fourth-order valence-corrected chi connectivity index (χ4v) is 3.52. The molecule has 126 valence electrons. The molecule has 0 aromatic heterocycles. The van der Waals surface area contributed by atoms with E-state index in [1.54, 1.807) is 11.8 Å². The number of nitrogens with one attached hydrogen (secondary N) is 1. The predicted molar refractivity (Wildman–Crippen MR) is 107 cm³/mol. The Morgan fingerprint density at radius 1 is 1.17 bits per heavy atom. The summed E-state index contributed by atoms with van der Waals surface area (Å²) in [6.45, 7) is 6.06. The number of hydrazone groups is 1. The molecule has 0 spiro atoms. The molecule has 0 aliphatic heterocycles. The highest BCUT2D eigenvalue weighted by atomic mass is 79.9. The van der Waals surface area contributed by atoms with Crippen LogP contribution in [-0.4, -0.2) is 17.4 Å². The number of nitrogens with zero attached hydrogens (tertiary/aromatic N) is 1. The van der Waals surface area contributed by atoms with E-state index >= 15 is 0 Å². The SMILES string of the molecule is C/C(=N/NC(=O)CSCc1cc(C)cc(C)c1)c1cccc(Br)c1. The molecule has 0 radical (unpaired) electrons. The van der Waals surface area contributed by atoms with Gasteiger partial charge in [0.15, 0.2) is 0 Å². The number of hydrogen-bond donors (Lipinski definition) is 1. The zero-order valence-electron chi connectivity index (χ0n) is 14.1. The van der Waals surface area contributed by atoms with Crippen molar-refractivity contribution in [2.24, 2.45) is 5.10 Å². The average Bonchev–Trinajstić information content (AvgIpc) is 2.51. The van der Waals surface area contributed by atoms with Gasteiger partial charge >= 0.3 is 0 Å². The van der Waals surface area contributed by atoms with Crippen molar-refractivity contribution in [1.82, 2.24) is 5.43 Å². The minimum atomic E-state index is -0.0845. The van der Waals surface area contributed by atoms with E-state index in [2.05, 4.69) is 58.5 Å². The zero-order chi connectivity index (χ0) is 17.5. The second-order valence-corrected chi connectivity index (χ2v) is 7.63.